The number of nitrogens with one attached hydrogen (secondary N) is 1. The number of aliphatic hydroxyl groups excluding tert-OH is 1. The summed E-state index contributed by atoms with van der Waals surface area (Å²) >= 11 is 0. The van der Waals surface area contributed by atoms with Crippen molar-refractivity contribution >= 4 is 11.9 Å². The molecule has 0 aromatic heterocycles. The fourth-order valence-electron chi connectivity index (χ4n) is 2.11. The van der Waals surface area contributed by atoms with E-state index >= 15 is 0 Å². The van der Waals surface area contributed by atoms with Crippen molar-refractivity contribution in [2.45, 2.75) is 50.2 Å². The highest BCUT2D eigenvalue weighted by Gasteiger charge is 2.30. The van der Waals surface area contributed by atoms with Crippen LogP contribution in [0.4, 0.5) is 0 Å². The highest BCUT2D eigenvalue weighted by molar-refractivity contribution is 5.78. The summed E-state index contributed by atoms with van der Waals surface area (Å²) in [5, 5.41) is 19.8. The molecule has 1 atom stereocenters. The Labute approximate surface area is 100 Å². The molecule has 1 amide bonds. The number of aliphatic carboxylic acids is 1. The van der Waals surface area contributed by atoms with Crippen molar-refractivity contribution in [1.29, 1.82) is 0 Å². The van der Waals surface area contributed by atoms with Crippen LogP contribution in [0.3, 0.4) is 0 Å². The van der Waals surface area contributed by atoms with Gasteiger partial charge in [-0.2, -0.15) is 0 Å². The molecule has 1 aliphatic carbocycles. The van der Waals surface area contributed by atoms with E-state index in [0.717, 1.165) is 32.1 Å². The van der Waals surface area contributed by atoms with Crippen LogP contribution >= 0.6 is 0 Å². The Bertz CT molecular complexity index is 287. The van der Waals surface area contributed by atoms with E-state index in [1.54, 1.807) is 0 Å². The molecule has 17 heavy (non-hydrogen) atoms. The molecule has 0 heterocycles. The minimum Gasteiger partial charge on any atom is -0.479 e. The van der Waals surface area contributed by atoms with Crippen molar-refractivity contribution in [1.82, 2.24) is 5.32 Å². The second-order valence-corrected chi connectivity index (χ2v) is 4.76. The number of carbonyl (C=O) groups is 2. The Balaban J connectivity index is 2.31. The summed E-state index contributed by atoms with van der Waals surface area (Å²) in [5.41, 5.74) is 5.62. The Kier molecular flexibility index (Phi) is 4.89. The van der Waals surface area contributed by atoms with E-state index in [4.69, 9.17) is 15.9 Å². The van der Waals surface area contributed by atoms with E-state index in [-0.39, 0.29) is 18.9 Å². The number of carboxylic acid groups (broad SMARTS) is 1. The third kappa shape index (κ3) is 4.70. The first-order valence-corrected chi connectivity index (χ1v) is 5.89. The van der Waals surface area contributed by atoms with Crippen LogP contribution in [0.1, 0.15) is 38.5 Å². The Morgan fingerprint density at radius 2 is 1.88 bits per heavy atom. The first-order valence-electron chi connectivity index (χ1n) is 5.89. The Morgan fingerprint density at radius 3 is 2.41 bits per heavy atom. The van der Waals surface area contributed by atoms with E-state index in [1.165, 1.54) is 0 Å². The highest BCUT2D eigenvalue weighted by atomic mass is 16.4. The standard InChI is InChI=1S/C11H20N2O4/c12-11(4-2-1-3-5-11)6-9(15)13-7-8(14)10(16)17/h8,14H,1-7,12H2,(H,13,15)(H,16,17)/t8-/m0/s1. The first-order chi connectivity index (χ1) is 7.93. The summed E-state index contributed by atoms with van der Waals surface area (Å²) in [6, 6.07) is 0. The summed E-state index contributed by atoms with van der Waals surface area (Å²) < 4.78 is 0. The molecule has 6 nitrogen and oxygen atoms in total. The van der Waals surface area contributed by atoms with Gasteiger partial charge in [0, 0.05) is 12.0 Å². The second kappa shape index (κ2) is 5.97. The number of carboxylic acids is 1. The lowest BCUT2D eigenvalue weighted by molar-refractivity contribution is -0.146. The fraction of sp³-hybridized carbons (Fsp3) is 0.818. The van der Waals surface area contributed by atoms with E-state index in [9.17, 15) is 9.59 Å². The molecule has 0 aliphatic heterocycles. The van der Waals surface area contributed by atoms with Gasteiger partial charge < -0.3 is 21.3 Å². The topological polar surface area (TPSA) is 113 Å². The van der Waals surface area contributed by atoms with Gasteiger partial charge in [-0.25, -0.2) is 4.79 Å². The number of aliphatic hydroxyl groups is 1. The zero-order chi connectivity index (χ0) is 12.9. The molecule has 1 saturated carbocycles. The number of hydrogen-bond acceptors (Lipinski definition) is 4. The Hall–Kier alpha value is -1.14. The van der Waals surface area contributed by atoms with E-state index in [0.29, 0.717) is 0 Å². The summed E-state index contributed by atoms with van der Waals surface area (Å²) in [4.78, 5) is 21.9. The molecular formula is C11H20N2O4. The molecule has 98 valence electrons. The maximum atomic E-state index is 11.5. The third-order valence-corrected chi connectivity index (χ3v) is 3.14. The maximum absolute atomic E-state index is 11.5. The zero-order valence-electron chi connectivity index (χ0n) is 9.82. The molecule has 6 heteroatoms. The minimum atomic E-state index is -1.56. The lowest BCUT2D eigenvalue weighted by atomic mass is 9.80. The monoisotopic (exact) mass is 244 g/mol. The molecule has 0 unspecified atom stereocenters. The van der Waals surface area contributed by atoms with Crippen LogP contribution in [0.5, 0.6) is 0 Å². The minimum absolute atomic E-state index is 0.194. The van der Waals surface area contributed by atoms with Gasteiger partial charge in [-0.3, -0.25) is 4.79 Å². The Morgan fingerprint density at radius 1 is 1.29 bits per heavy atom. The molecule has 1 rings (SSSR count). The van der Waals surface area contributed by atoms with Gasteiger partial charge in [0.2, 0.25) is 5.91 Å². The van der Waals surface area contributed by atoms with Gasteiger partial charge in [-0.1, -0.05) is 19.3 Å². The lowest BCUT2D eigenvalue weighted by Crippen LogP contribution is -2.47. The summed E-state index contributed by atoms with van der Waals surface area (Å²) in [6.07, 6.45) is 3.49. The number of nitrogens with two attached hydrogens (primary N) is 1. The van der Waals surface area contributed by atoms with Crippen LogP contribution in [-0.4, -0.2) is 40.3 Å². The molecule has 1 aliphatic rings. The van der Waals surface area contributed by atoms with Crippen molar-refractivity contribution in [3.8, 4) is 0 Å². The van der Waals surface area contributed by atoms with E-state index < -0.39 is 17.6 Å². The van der Waals surface area contributed by atoms with Crippen molar-refractivity contribution in [3.63, 3.8) is 0 Å². The highest BCUT2D eigenvalue weighted by Crippen LogP contribution is 2.28. The van der Waals surface area contributed by atoms with Crippen LogP contribution < -0.4 is 11.1 Å². The van der Waals surface area contributed by atoms with E-state index in [2.05, 4.69) is 5.32 Å². The molecule has 0 spiro atoms. The van der Waals surface area contributed by atoms with Crippen molar-refractivity contribution in [2.24, 2.45) is 5.73 Å². The predicted octanol–water partition coefficient (Wildman–Crippen LogP) is -0.400. The molecule has 0 radical (unpaired) electrons. The normalized spacial score (nSPS) is 20.6. The number of amides is 1. The maximum Gasteiger partial charge on any atom is 0.334 e. The predicted molar refractivity (Wildman–Crippen MR) is 61.3 cm³/mol. The quantitative estimate of drug-likeness (QED) is 0.525. The second-order valence-electron chi connectivity index (χ2n) is 4.76. The smallest absolute Gasteiger partial charge is 0.334 e. The first kappa shape index (κ1) is 13.9. The van der Waals surface area contributed by atoms with Gasteiger partial charge in [0.15, 0.2) is 6.10 Å². The van der Waals surface area contributed by atoms with Gasteiger partial charge >= 0.3 is 5.97 Å². The number of carbonyl (C=O) groups excluding carboxylic acids is 1. The molecule has 1 fully saturated rings. The summed E-state index contributed by atoms with van der Waals surface area (Å²) in [7, 11) is 0. The van der Waals surface area contributed by atoms with Crippen LogP contribution in [0.15, 0.2) is 0 Å². The largest absolute Gasteiger partial charge is 0.479 e. The molecular weight excluding hydrogens is 224 g/mol. The molecule has 5 N–H and O–H groups in total. The van der Waals surface area contributed by atoms with Gasteiger partial charge in [0.25, 0.3) is 0 Å². The summed E-state index contributed by atoms with van der Waals surface area (Å²) in [6.45, 7) is -0.274. The molecule has 0 aromatic rings. The van der Waals surface area contributed by atoms with E-state index in [1.807, 2.05) is 0 Å². The molecule has 0 saturated heterocycles. The SMILES string of the molecule is NC1(CC(=O)NC[C@H](O)C(=O)O)CCCCC1. The summed E-state index contributed by atoms with van der Waals surface area (Å²) in [5.74, 6) is -1.64. The third-order valence-electron chi connectivity index (χ3n) is 3.14. The van der Waals surface area contributed by atoms with Crippen LogP contribution in [0.25, 0.3) is 0 Å². The number of hydrogen-bond donors (Lipinski definition) is 4. The van der Waals surface area contributed by atoms with Gasteiger partial charge in [-0.15, -0.1) is 0 Å². The average molecular weight is 244 g/mol. The van der Waals surface area contributed by atoms with Crippen LogP contribution in [0.2, 0.25) is 0 Å². The molecule has 0 bridgehead atoms. The van der Waals surface area contributed by atoms with Crippen LogP contribution in [0, 0.1) is 0 Å². The van der Waals surface area contributed by atoms with Crippen molar-refractivity contribution in [2.75, 3.05) is 6.54 Å². The fourth-order valence-corrected chi connectivity index (χ4v) is 2.11. The molecule has 0 aromatic carbocycles. The van der Waals surface area contributed by atoms with Crippen LogP contribution in [-0.2, 0) is 9.59 Å². The lowest BCUT2D eigenvalue weighted by Gasteiger charge is -2.32. The van der Waals surface area contributed by atoms with Crippen molar-refractivity contribution < 1.29 is 19.8 Å². The van der Waals surface area contributed by atoms with Gasteiger partial charge in [-0.05, 0) is 12.8 Å². The van der Waals surface area contributed by atoms with Gasteiger partial charge in [0.1, 0.15) is 0 Å². The van der Waals surface area contributed by atoms with Crippen molar-refractivity contribution in [3.05, 3.63) is 0 Å². The number of rotatable bonds is 5. The zero-order valence-corrected chi connectivity index (χ0v) is 9.82. The van der Waals surface area contributed by atoms with Gasteiger partial charge in [0.05, 0.1) is 6.54 Å². The average Bonchev–Trinajstić information content (AvgIpc) is 2.26.